The lowest BCUT2D eigenvalue weighted by atomic mass is 9.72. The van der Waals surface area contributed by atoms with Crippen molar-refractivity contribution in [2.24, 2.45) is 0 Å². The molecule has 49 heavy (non-hydrogen) atoms. The number of imidazole rings is 1. The van der Waals surface area contributed by atoms with Crippen LogP contribution in [0.2, 0.25) is 0 Å². The van der Waals surface area contributed by atoms with Crippen molar-refractivity contribution in [3.8, 4) is 0 Å². The quantitative estimate of drug-likeness (QED) is 0.272. The second kappa shape index (κ2) is 13.9. The van der Waals surface area contributed by atoms with E-state index in [-0.39, 0.29) is 23.3 Å². The first-order valence-electron chi connectivity index (χ1n) is 17.0. The number of aromatic nitrogens is 2. The molecule has 11 nitrogen and oxygen atoms in total. The molecule has 1 saturated heterocycles. The van der Waals surface area contributed by atoms with Crippen molar-refractivity contribution in [2.75, 3.05) is 57.2 Å². The topological polar surface area (TPSA) is 112 Å². The molecule has 2 fully saturated rings. The molecule has 3 aromatic carbocycles. The summed E-state index contributed by atoms with van der Waals surface area (Å²) in [5.74, 6) is 0.0673. The predicted molar refractivity (Wildman–Crippen MR) is 188 cm³/mol. The Morgan fingerprint density at radius 1 is 0.816 bits per heavy atom. The zero-order chi connectivity index (χ0) is 34.0. The predicted octanol–water partition coefficient (Wildman–Crippen LogP) is 4.50. The van der Waals surface area contributed by atoms with Crippen molar-refractivity contribution in [3.05, 3.63) is 113 Å². The molecule has 4 aromatic rings. The Kier molecular flexibility index (Phi) is 9.20. The van der Waals surface area contributed by atoms with E-state index in [4.69, 9.17) is 4.74 Å². The van der Waals surface area contributed by atoms with E-state index in [0.717, 1.165) is 67.9 Å². The Hall–Kier alpha value is -5.00. The van der Waals surface area contributed by atoms with Gasteiger partial charge in [-0.2, -0.15) is 0 Å². The fourth-order valence-electron chi connectivity index (χ4n) is 7.11. The van der Waals surface area contributed by atoms with E-state index in [1.165, 1.54) is 0 Å². The molecule has 0 radical (unpaired) electrons. The average Bonchev–Trinajstić information content (AvgIpc) is 3.55. The van der Waals surface area contributed by atoms with E-state index >= 15 is 0 Å². The maximum atomic E-state index is 13.4. The van der Waals surface area contributed by atoms with Crippen LogP contribution in [-0.4, -0.2) is 84.0 Å². The molecule has 1 saturated carbocycles. The minimum Gasteiger partial charge on any atom is -0.378 e. The number of nitrogens with one attached hydrogen (secondary N) is 2. The molecule has 3 heterocycles. The molecule has 7 rings (SSSR count). The van der Waals surface area contributed by atoms with E-state index < -0.39 is 0 Å². The summed E-state index contributed by atoms with van der Waals surface area (Å²) in [6.07, 6.45) is 5.07. The largest absolute Gasteiger partial charge is 0.378 e. The standard InChI is InChI=1S/C38H43N7O4/c1-42(2)37(48)30-8-4-28(5-9-30)26-44-18-19-45-33(38(44)16-3-17-38)25-39-34(45)36(47)40-24-27-6-12-31(13-7-27)41-35(46)29-10-14-32(15-11-29)43-20-22-49-23-21-43/h4-15,25H,3,16-24,26H2,1-2H3,(H,40,47)(H,41,46). The molecule has 1 spiro atoms. The van der Waals surface area contributed by atoms with E-state index in [2.05, 4.69) is 30.0 Å². The number of carbonyl (C=O) groups excluding carboxylic acids is 3. The highest BCUT2D eigenvalue weighted by atomic mass is 16.5. The molecule has 0 unspecified atom stereocenters. The van der Waals surface area contributed by atoms with Crippen LogP contribution < -0.4 is 15.5 Å². The first-order chi connectivity index (χ1) is 23.8. The Morgan fingerprint density at radius 2 is 1.49 bits per heavy atom. The summed E-state index contributed by atoms with van der Waals surface area (Å²) in [4.78, 5) is 49.5. The zero-order valence-electron chi connectivity index (χ0n) is 28.2. The van der Waals surface area contributed by atoms with Gasteiger partial charge in [0.15, 0.2) is 5.82 Å². The van der Waals surface area contributed by atoms with Crippen LogP contribution in [0.5, 0.6) is 0 Å². The van der Waals surface area contributed by atoms with Gasteiger partial charge in [0, 0.05) is 75.9 Å². The van der Waals surface area contributed by atoms with Crippen molar-refractivity contribution in [2.45, 2.75) is 44.4 Å². The van der Waals surface area contributed by atoms with Gasteiger partial charge in [0.1, 0.15) is 0 Å². The molecule has 254 valence electrons. The van der Waals surface area contributed by atoms with Crippen LogP contribution in [0.1, 0.15) is 67.4 Å². The van der Waals surface area contributed by atoms with Crippen molar-refractivity contribution >= 4 is 29.1 Å². The number of hydrogen-bond donors (Lipinski definition) is 2. The number of amides is 3. The third-order valence-corrected chi connectivity index (χ3v) is 10.1. The molecule has 1 aromatic heterocycles. The van der Waals surface area contributed by atoms with Gasteiger partial charge in [0.05, 0.1) is 30.6 Å². The van der Waals surface area contributed by atoms with Gasteiger partial charge in [-0.25, -0.2) is 4.98 Å². The highest BCUT2D eigenvalue weighted by Crippen LogP contribution is 2.49. The molecule has 0 bridgehead atoms. The van der Waals surface area contributed by atoms with Crippen molar-refractivity contribution in [3.63, 3.8) is 0 Å². The summed E-state index contributed by atoms with van der Waals surface area (Å²) in [6.45, 7) is 5.75. The van der Waals surface area contributed by atoms with E-state index in [1.807, 2.05) is 79.0 Å². The second-order valence-corrected chi connectivity index (χ2v) is 13.3. The molecule has 1 aliphatic carbocycles. The smallest absolute Gasteiger partial charge is 0.287 e. The minimum atomic E-state index is -0.201. The summed E-state index contributed by atoms with van der Waals surface area (Å²) < 4.78 is 7.52. The third-order valence-electron chi connectivity index (χ3n) is 10.1. The van der Waals surface area contributed by atoms with Crippen LogP contribution in [0.25, 0.3) is 0 Å². The van der Waals surface area contributed by atoms with Crippen LogP contribution in [0, 0.1) is 0 Å². The van der Waals surface area contributed by atoms with E-state index in [0.29, 0.717) is 48.9 Å². The molecular weight excluding hydrogens is 618 g/mol. The van der Waals surface area contributed by atoms with Crippen molar-refractivity contribution in [1.29, 1.82) is 0 Å². The first-order valence-corrected chi connectivity index (χ1v) is 17.0. The molecular formula is C38H43N7O4. The number of fused-ring (bicyclic) bond motifs is 2. The van der Waals surface area contributed by atoms with Crippen LogP contribution >= 0.6 is 0 Å². The highest BCUT2D eigenvalue weighted by Gasteiger charge is 2.49. The number of ether oxygens (including phenoxy) is 1. The maximum Gasteiger partial charge on any atom is 0.287 e. The van der Waals surface area contributed by atoms with Crippen LogP contribution in [0.3, 0.4) is 0 Å². The minimum absolute atomic E-state index is 0.00223. The van der Waals surface area contributed by atoms with Gasteiger partial charge in [-0.15, -0.1) is 0 Å². The van der Waals surface area contributed by atoms with Crippen LogP contribution in [0.4, 0.5) is 11.4 Å². The number of carbonyl (C=O) groups is 3. The molecule has 0 atom stereocenters. The first kappa shape index (κ1) is 32.5. The molecule has 2 aliphatic heterocycles. The zero-order valence-corrected chi connectivity index (χ0v) is 28.2. The number of benzene rings is 3. The fraction of sp³-hybridized carbons (Fsp3) is 0.368. The molecule has 11 heteroatoms. The van der Waals surface area contributed by atoms with Crippen molar-refractivity contribution < 1.29 is 19.1 Å². The third kappa shape index (κ3) is 6.68. The SMILES string of the molecule is CN(C)C(=O)c1ccc(CN2CCn3c(cnc3C(=O)NCc3ccc(NC(=O)c4ccc(N5CCOCC5)cc4)cc3)C23CCC3)cc1. The second-order valence-electron chi connectivity index (χ2n) is 13.3. The lowest BCUT2D eigenvalue weighted by molar-refractivity contribution is -0.0217. The fourth-order valence-corrected chi connectivity index (χ4v) is 7.11. The van der Waals surface area contributed by atoms with Gasteiger partial charge in [-0.1, -0.05) is 24.3 Å². The summed E-state index contributed by atoms with van der Waals surface area (Å²) in [5.41, 5.74) is 6.11. The monoisotopic (exact) mass is 661 g/mol. The van der Waals surface area contributed by atoms with Gasteiger partial charge < -0.3 is 29.7 Å². The van der Waals surface area contributed by atoms with E-state index in [1.54, 1.807) is 19.0 Å². The number of morpholine rings is 1. The summed E-state index contributed by atoms with van der Waals surface area (Å²) in [6, 6.07) is 23.0. The number of rotatable bonds is 9. The van der Waals surface area contributed by atoms with E-state index in [9.17, 15) is 14.4 Å². The Morgan fingerprint density at radius 3 is 2.14 bits per heavy atom. The van der Waals surface area contributed by atoms with Crippen molar-refractivity contribution in [1.82, 2.24) is 24.7 Å². The Balaban J connectivity index is 0.941. The number of anilines is 2. The molecule has 2 N–H and O–H groups in total. The lowest BCUT2D eigenvalue weighted by Crippen LogP contribution is -2.56. The normalized spacial score (nSPS) is 16.8. The number of hydrogen-bond acceptors (Lipinski definition) is 7. The molecule has 3 aliphatic rings. The average molecular weight is 662 g/mol. The maximum absolute atomic E-state index is 13.4. The van der Waals surface area contributed by atoms with Gasteiger partial charge in [-0.3, -0.25) is 19.3 Å². The summed E-state index contributed by atoms with van der Waals surface area (Å²) in [7, 11) is 3.52. The number of nitrogens with zero attached hydrogens (tertiary/aromatic N) is 5. The highest BCUT2D eigenvalue weighted by molar-refractivity contribution is 6.04. The van der Waals surface area contributed by atoms with Crippen LogP contribution in [-0.2, 0) is 29.9 Å². The summed E-state index contributed by atoms with van der Waals surface area (Å²) in [5, 5.41) is 6.00. The molecule has 3 amide bonds. The summed E-state index contributed by atoms with van der Waals surface area (Å²) >= 11 is 0. The lowest BCUT2D eigenvalue weighted by Gasteiger charge is -2.53. The Labute approximate surface area is 286 Å². The van der Waals surface area contributed by atoms with Crippen LogP contribution in [0.15, 0.2) is 79.0 Å². The van der Waals surface area contributed by atoms with Gasteiger partial charge in [0.2, 0.25) is 0 Å². The Bertz CT molecular complexity index is 1810. The van der Waals surface area contributed by atoms with Gasteiger partial charge in [-0.05, 0) is 78.9 Å². The van der Waals surface area contributed by atoms with Gasteiger partial charge >= 0.3 is 0 Å². The van der Waals surface area contributed by atoms with Gasteiger partial charge in [0.25, 0.3) is 17.7 Å².